The van der Waals surface area contributed by atoms with Crippen LogP contribution in [0.1, 0.15) is 5.76 Å². The third-order valence-corrected chi connectivity index (χ3v) is 4.17. The minimum absolute atomic E-state index is 0.125. The van der Waals surface area contributed by atoms with Gasteiger partial charge in [0.05, 0.1) is 12.8 Å². The molecular weight excluding hydrogens is 396 g/mol. The quantitative estimate of drug-likeness (QED) is 0.449. The number of amides is 1. The minimum Gasteiger partial charge on any atom is -0.495 e. The molecule has 5 nitrogen and oxygen atoms in total. The second kappa shape index (κ2) is 9.21. The lowest BCUT2D eigenvalue weighted by Crippen LogP contribution is -2.32. The second-order valence-electron chi connectivity index (χ2n) is 5.69. The Kier molecular flexibility index (Phi) is 6.47. The van der Waals surface area contributed by atoms with Crippen LogP contribution in [0.5, 0.6) is 5.75 Å². The lowest BCUT2D eigenvalue weighted by Gasteiger charge is -2.12. The van der Waals surface area contributed by atoms with Crippen LogP contribution in [0.25, 0.3) is 17.4 Å². The smallest absolute Gasteiger partial charge is 0.250 e. The third kappa shape index (κ3) is 5.22. The summed E-state index contributed by atoms with van der Waals surface area (Å²) in [6, 6.07) is 18.4. The summed E-state index contributed by atoms with van der Waals surface area (Å²) in [5, 5.41) is 6.09. The molecule has 0 aliphatic rings. The number of ether oxygens (including phenoxy) is 1. The van der Waals surface area contributed by atoms with Gasteiger partial charge in [0.15, 0.2) is 5.11 Å². The van der Waals surface area contributed by atoms with E-state index in [2.05, 4.69) is 10.6 Å². The molecule has 0 fully saturated rings. The van der Waals surface area contributed by atoms with Gasteiger partial charge in [-0.1, -0.05) is 41.9 Å². The monoisotopic (exact) mass is 412 g/mol. The topological polar surface area (TPSA) is 63.5 Å². The van der Waals surface area contributed by atoms with Crippen molar-refractivity contribution in [3.63, 3.8) is 0 Å². The van der Waals surface area contributed by atoms with Crippen molar-refractivity contribution in [2.75, 3.05) is 12.4 Å². The molecular formula is C21H17ClN2O3S. The predicted octanol–water partition coefficient (Wildman–Crippen LogP) is 5.14. The molecule has 0 saturated carbocycles. The molecule has 7 heteroatoms. The fraction of sp³-hybridized carbons (Fsp3) is 0.0476. The van der Waals surface area contributed by atoms with Crippen molar-refractivity contribution < 1.29 is 13.9 Å². The van der Waals surface area contributed by atoms with E-state index >= 15 is 0 Å². The fourth-order valence-corrected chi connectivity index (χ4v) is 2.83. The van der Waals surface area contributed by atoms with Crippen molar-refractivity contribution in [3.8, 4) is 17.1 Å². The zero-order valence-corrected chi connectivity index (χ0v) is 16.5. The summed E-state index contributed by atoms with van der Waals surface area (Å²) in [5.74, 6) is 1.45. The number of nitrogens with one attached hydrogen (secondary N) is 2. The van der Waals surface area contributed by atoms with Gasteiger partial charge in [0, 0.05) is 16.7 Å². The highest BCUT2D eigenvalue weighted by Crippen LogP contribution is 2.27. The highest BCUT2D eigenvalue weighted by Gasteiger charge is 2.08. The summed E-state index contributed by atoms with van der Waals surface area (Å²) in [4.78, 5) is 12.1. The Labute approximate surface area is 173 Å². The maximum Gasteiger partial charge on any atom is 0.250 e. The van der Waals surface area contributed by atoms with Crippen LogP contribution in [-0.4, -0.2) is 18.1 Å². The number of methoxy groups -OCH3 is 1. The number of furan rings is 1. The second-order valence-corrected chi connectivity index (χ2v) is 6.53. The highest BCUT2D eigenvalue weighted by molar-refractivity contribution is 7.80. The minimum atomic E-state index is -0.392. The van der Waals surface area contributed by atoms with Crippen LogP contribution in [0.2, 0.25) is 5.02 Å². The molecule has 0 spiro atoms. The lowest BCUT2D eigenvalue weighted by atomic mass is 10.2. The largest absolute Gasteiger partial charge is 0.495 e. The SMILES string of the molecule is COc1ccc(Cl)cc1NC(=S)NC(=O)/C=C/c1ccc(-c2ccccc2)o1. The van der Waals surface area contributed by atoms with Crippen LogP contribution in [0.3, 0.4) is 0 Å². The number of carbonyl (C=O) groups excluding carboxylic acids is 1. The Bertz CT molecular complexity index is 1020. The number of hydrogen-bond donors (Lipinski definition) is 2. The standard InChI is InChI=1S/C21H17ClN2O3S/c1-26-19-10-7-15(22)13-17(19)23-21(28)24-20(25)12-9-16-8-11-18(27-16)14-5-3-2-4-6-14/h2-13H,1H3,(H2,23,24,25,28)/b12-9+. The van der Waals surface area contributed by atoms with E-state index in [-0.39, 0.29) is 5.11 Å². The average Bonchev–Trinajstić information content (AvgIpc) is 3.16. The van der Waals surface area contributed by atoms with E-state index < -0.39 is 5.91 Å². The molecule has 2 aromatic carbocycles. The molecule has 0 radical (unpaired) electrons. The third-order valence-electron chi connectivity index (χ3n) is 3.73. The van der Waals surface area contributed by atoms with Crippen molar-refractivity contribution >= 4 is 46.6 Å². The zero-order chi connectivity index (χ0) is 19.9. The first-order valence-corrected chi connectivity index (χ1v) is 9.12. The lowest BCUT2D eigenvalue weighted by molar-refractivity contribution is -0.115. The number of carbonyl (C=O) groups is 1. The summed E-state index contributed by atoms with van der Waals surface area (Å²) >= 11 is 11.1. The van der Waals surface area contributed by atoms with Crippen molar-refractivity contribution in [2.45, 2.75) is 0 Å². The molecule has 3 rings (SSSR count). The summed E-state index contributed by atoms with van der Waals surface area (Å²) in [6.45, 7) is 0. The van der Waals surface area contributed by atoms with Crippen LogP contribution in [0.15, 0.2) is 71.2 Å². The first kappa shape index (κ1) is 19.7. The van der Waals surface area contributed by atoms with Crippen LogP contribution in [-0.2, 0) is 4.79 Å². The molecule has 3 aromatic rings. The molecule has 0 aliphatic carbocycles. The van der Waals surface area contributed by atoms with Gasteiger partial charge in [-0.2, -0.15) is 0 Å². The molecule has 0 saturated heterocycles. The van der Waals surface area contributed by atoms with Gasteiger partial charge in [-0.15, -0.1) is 0 Å². The van der Waals surface area contributed by atoms with Crippen molar-refractivity contribution in [1.29, 1.82) is 0 Å². The van der Waals surface area contributed by atoms with Crippen LogP contribution in [0.4, 0.5) is 5.69 Å². The zero-order valence-electron chi connectivity index (χ0n) is 14.9. The fourth-order valence-electron chi connectivity index (χ4n) is 2.44. The molecule has 1 aromatic heterocycles. The van der Waals surface area contributed by atoms with Gasteiger partial charge in [-0.3, -0.25) is 10.1 Å². The molecule has 0 bridgehead atoms. The van der Waals surface area contributed by atoms with E-state index in [1.54, 1.807) is 30.3 Å². The predicted molar refractivity (Wildman–Crippen MR) is 116 cm³/mol. The molecule has 142 valence electrons. The highest BCUT2D eigenvalue weighted by atomic mass is 35.5. The molecule has 2 N–H and O–H groups in total. The van der Waals surface area contributed by atoms with Gasteiger partial charge in [0.25, 0.3) is 0 Å². The average molecular weight is 413 g/mol. The van der Waals surface area contributed by atoms with E-state index in [0.29, 0.717) is 22.2 Å². The van der Waals surface area contributed by atoms with Gasteiger partial charge in [0.2, 0.25) is 5.91 Å². The Balaban J connectivity index is 1.59. The Morgan fingerprint density at radius 2 is 1.93 bits per heavy atom. The van der Waals surface area contributed by atoms with Gasteiger partial charge < -0.3 is 14.5 Å². The van der Waals surface area contributed by atoms with E-state index in [4.69, 9.17) is 33.0 Å². The first-order chi connectivity index (χ1) is 13.5. The van der Waals surface area contributed by atoms with Gasteiger partial charge in [-0.05, 0) is 48.6 Å². The summed E-state index contributed by atoms with van der Waals surface area (Å²) < 4.78 is 10.9. The van der Waals surface area contributed by atoms with Crippen LogP contribution >= 0.6 is 23.8 Å². The maximum absolute atomic E-state index is 12.1. The van der Waals surface area contributed by atoms with Gasteiger partial charge in [-0.25, -0.2) is 0 Å². The number of hydrogen-bond acceptors (Lipinski definition) is 4. The molecule has 0 aliphatic heterocycles. The van der Waals surface area contributed by atoms with E-state index in [1.807, 2.05) is 36.4 Å². The van der Waals surface area contributed by atoms with Gasteiger partial charge in [0.1, 0.15) is 17.3 Å². The Morgan fingerprint density at radius 1 is 1.14 bits per heavy atom. The Morgan fingerprint density at radius 3 is 2.68 bits per heavy atom. The molecule has 28 heavy (non-hydrogen) atoms. The Hall–Kier alpha value is -3.09. The molecule has 0 atom stereocenters. The maximum atomic E-state index is 12.1. The van der Waals surface area contributed by atoms with Gasteiger partial charge >= 0.3 is 0 Å². The number of benzene rings is 2. The number of halogens is 1. The van der Waals surface area contributed by atoms with Crippen LogP contribution < -0.4 is 15.4 Å². The normalized spacial score (nSPS) is 10.6. The van der Waals surface area contributed by atoms with Crippen molar-refractivity contribution in [3.05, 3.63) is 77.5 Å². The number of anilines is 1. The molecule has 0 unspecified atom stereocenters. The van der Waals surface area contributed by atoms with E-state index in [1.165, 1.54) is 13.2 Å². The van der Waals surface area contributed by atoms with E-state index in [9.17, 15) is 4.79 Å². The molecule has 1 heterocycles. The molecule has 1 amide bonds. The van der Waals surface area contributed by atoms with E-state index in [0.717, 1.165) is 11.3 Å². The van der Waals surface area contributed by atoms with Crippen molar-refractivity contribution in [2.24, 2.45) is 0 Å². The first-order valence-electron chi connectivity index (χ1n) is 8.34. The summed E-state index contributed by atoms with van der Waals surface area (Å²) in [5.41, 5.74) is 1.52. The summed E-state index contributed by atoms with van der Waals surface area (Å²) in [7, 11) is 1.53. The summed E-state index contributed by atoms with van der Waals surface area (Å²) in [6.07, 6.45) is 2.92. The van der Waals surface area contributed by atoms with Crippen molar-refractivity contribution in [1.82, 2.24) is 5.32 Å². The van der Waals surface area contributed by atoms with Crippen LogP contribution in [0, 0.1) is 0 Å². The number of thiocarbonyl (C=S) groups is 1. The number of rotatable bonds is 5.